The highest BCUT2D eigenvalue weighted by molar-refractivity contribution is 9.10. The number of hydrogen-bond acceptors (Lipinski definition) is 1. The standard InChI is InChI=1S/C16H12BrCl2NO/c17-11-5-3-4-10(8-11)15(21)20-14-7-2-1-6-12(14)13-9-16(13,18)19/h1-8,13H,9H2,(H,20,21)/t13-/m1/s1. The van der Waals surface area contributed by atoms with E-state index in [1.165, 1.54) is 0 Å². The zero-order chi connectivity index (χ0) is 15.0. The van der Waals surface area contributed by atoms with Gasteiger partial charge >= 0.3 is 0 Å². The van der Waals surface area contributed by atoms with Crippen LogP contribution in [0.15, 0.2) is 53.0 Å². The molecule has 1 atom stereocenters. The molecule has 2 aromatic rings. The van der Waals surface area contributed by atoms with Crippen molar-refractivity contribution in [1.82, 2.24) is 0 Å². The molecule has 2 nitrogen and oxygen atoms in total. The Labute approximate surface area is 141 Å². The van der Waals surface area contributed by atoms with E-state index in [4.69, 9.17) is 23.2 Å². The number of para-hydroxylation sites is 1. The van der Waals surface area contributed by atoms with Gasteiger partial charge in [0.2, 0.25) is 0 Å². The molecule has 108 valence electrons. The molecule has 0 spiro atoms. The third-order valence-corrected chi connectivity index (χ3v) is 4.83. The van der Waals surface area contributed by atoms with Gasteiger partial charge in [0.25, 0.3) is 5.91 Å². The summed E-state index contributed by atoms with van der Waals surface area (Å²) in [6, 6.07) is 14.9. The monoisotopic (exact) mass is 383 g/mol. The predicted molar refractivity (Wildman–Crippen MR) is 90.3 cm³/mol. The van der Waals surface area contributed by atoms with Gasteiger partial charge < -0.3 is 5.32 Å². The first kappa shape index (κ1) is 14.9. The summed E-state index contributed by atoms with van der Waals surface area (Å²) in [5, 5.41) is 2.94. The van der Waals surface area contributed by atoms with E-state index in [-0.39, 0.29) is 11.8 Å². The van der Waals surface area contributed by atoms with Crippen molar-refractivity contribution < 1.29 is 4.79 Å². The van der Waals surface area contributed by atoms with Crippen LogP contribution in [0.4, 0.5) is 5.69 Å². The van der Waals surface area contributed by atoms with E-state index in [0.717, 1.165) is 15.7 Å². The Balaban J connectivity index is 1.84. The van der Waals surface area contributed by atoms with E-state index in [1.54, 1.807) is 12.1 Å². The highest BCUT2D eigenvalue weighted by Gasteiger charge is 2.53. The minimum absolute atomic E-state index is 0.0693. The van der Waals surface area contributed by atoms with Gasteiger partial charge in [0.05, 0.1) is 0 Å². The van der Waals surface area contributed by atoms with E-state index in [1.807, 2.05) is 36.4 Å². The molecule has 0 bridgehead atoms. The van der Waals surface area contributed by atoms with Crippen molar-refractivity contribution in [2.75, 3.05) is 5.32 Å². The predicted octanol–water partition coefficient (Wildman–Crippen LogP) is 5.36. The van der Waals surface area contributed by atoms with Crippen molar-refractivity contribution in [3.63, 3.8) is 0 Å². The molecule has 1 saturated carbocycles. The molecule has 3 rings (SSSR count). The molecule has 1 amide bonds. The van der Waals surface area contributed by atoms with Gasteiger partial charge in [-0.3, -0.25) is 4.79 Å². The largest absolute Gasteiger partial charge is 0.322 e. The van der Waals surface area contributed by atoms with Gasteiger partial charge in [0.15, 0.2) is 0 Å². The minimum Gasteiger partial charge on any atom is -0.322 e. The molecule has 1 aliphatic rings. The first-order valence-electron chi connectivity index (χ1n) is 6.51. The smallest absolute Gasteiger partial charge is 0.255 e. The average molecular weight is 385 g/mol. The number of anilines is 1. The summed E-state index contributed by atoms with van der Waals surface area (Å²) in [6.07, 6.45) is 0.708. The van der Waals surface area contributed by atoms with Crippen LogP contribution in [0.1, 0.15) is 28.3 Å². The normalized spacial score (nSPS) is 19.1. The molecule has 0 heterocycles. The van der Waals surface area contributed by atoms with Crippen LogP contribution in [0, 0.1) is 0 Å². The maximum Gasteiger partial charge on any atom is 0.255 e. The Kier molecular flexibility index (Phi) is 4.00. The second-order valence-electron chi connectivity index (χ2n) is 5.07. The van der Waals surface area contributed by atoms with Gasteiger partial charge in [-0.05, 0) is 36.2 Å². The molecule has 1 N–H and O–H groups in total. The second kappa shape index (κ2) is 5.64. The molecule has 1 aliphatic carbocycles. The maximum atomic E-state index is 12.3. The Bertz CT molecular complexity index is 702. The van der Waals surface area contributed by atoms with Gasteiger partial charge in [-0.25, -0.2) is 0 Å². The summed E-state index contributed by atoms with van der Waals surface area (Å²) in [6.45, 7) is 0. The quantitative estimate of drug-likeness (QED) is 0.708. The van der Waals surface area contributed by atoms with E-state index in [9.17, 15) is 4.79 Å². The molecular weight excluding hydrogens is 373 g/mol. The first-order chi connectivity index (χ1) is 9.97. The molecule has 0 aromatic heterocycles. The lowest BCUT2D eigenvalue weighted by Gasteiger charge is -2.11. The highest BCUT2D eigenvalue weighted by atomic mass is 79.9. The number of alkyl halides is 2. The molecular formula is C16H12BrCl2NO. The van der Waals surface area contributed by atoms with Crippen LogP contribution in [-0.2, 0) is 0 Å². The summed E-state index contributed by atoms with van der Waals surface area (Å²) in [4.78, 5) is 12.3. The lowest BCUT2D eigenvalue weighted by molar-refractivity contribution is 0.102. The molecule has 21 heavy (non-hydrogen) atoms. The van der Waals surface area contributed by atoms with E-state index in [2.05, 4.69) is 21.2 Å². The zero-order valence-electron chi connectivity index (χ0n) is 10.9. The highest BCUT2D eigenvalue weighted by Crippen LogP contribution is 2.60. The Hall–Kier alpha value is -1.03. The summed E-state index contributed by atoms with van der Waals surface area (Å²) >= 11 is 15.6. The van der Waals surface area contributed by atoms with E-state index >= 15 is 0 Å². The number of amides is 1. The van der Waals surface area contributed by atoms with Gasteiger partial charge in [0, 0.05) is 21.6 Å². The fourth-order valence-corrected chi connectivity index (χ4v) is 3.23. The van der Waals surface area contributed by atoms with Crippen LogP contribution >= 0.6 is 39.1 Å². The van der Waals surface area contributed by atoms with Crippen molar-refractivity contribution in [3.8, 4) is 0 Å². The number of carbonyl (C=O) groups is 1. The summed E-state index contributed by atoms with van der Waals surface area (Å²) in [7, 11) is 0. The lowest BCUT2D eigenvalue weighted by atomic mass is 10.1. The average Bonchev–Trinajstić information content (AvgIpc) is 3.08. The molecule has 1 fully saturated rings. The Morgan fingerprint density at radius 2 is 1.90 bits per heavy atom. The number of benzene rings is 2. The fourth-order valence-electron chi connectivity index (χ4n) is 2.29. The lowest BCUT2D eigenvalue weighted by Crippen LogP contribution is -2.13. The molecule has 0 saturated heterocycles. The third-order valence-electron chi connectivity index (χ3n) is 3.50. The minimum atomic E-state index is -0.712. The van der Waals surface area contributed by atoms with E-state index in [0.29, 0.717) is 12.0 Å². The Morgan fingerprint density at radius 3 is 2.57 bits per heavy atom. The molecule has 0 radical (unpaired) electrons. The van der Waals surface area contributed by atoms with Crippen molar-refractivity contribution >= 4 is 50.7 Å². The summed E-state index contributed by atoms with van der Waals surface area (Å²) in [5.41, 5.74) is 2.33. The number of halogens is 3. The van der Waals surface area contributed by atoms with Gasteiger partial charge in [-0.15, -0.1) is 23.2 Å². The van der Waals surface area contributed by atoms with Crippen molar-refractivity contribution in [2.24, 2.45) is 0 Å². The number of carbonyl (C=O) groups excluding carboxylic acids is 1. The molecule has 0 aliphatic heterocycles. The topological polar surface area (TPSA) is 29.1 Å². The number of nitrogens with one attached hydrogen (secondary N) is 1. The summed E-state index contributed by atoms with van der Waals surface area (Å²) < 4.78 is 0.155. The first-order valence-corrected chi connectivity index (χ1v) is 8.06. The van der Waals surface area contributed by atoms with Gasteiger partial charge in [0.1, 0.15) is 4.33 Å². The van der Waals surface area contributed by atoms with Crippen LogP contribution in [0.25, 0.3) is 0 Å². The molecule has 5 heteroatoms. The van der Waals surface area contributed by atoms with Crippen molar-refractivity contribution in [1.29, 1.82) is 0 Å². The van der Waals surface area contributed by atoms with Crippen LogP contribution in [-0.4, -0.2) is 10.2 Å². The van der Waals surface area contributed by atoms with Gasteiger partial charge in [-0.2, -0.15) is 0 Å². The summed E-state index contributed by atoms with van der Waals surface area (Å²) in [5.74, 6) is -0.0843. The number of rotatable bonds is 3. The van der Waals surface area contributed by atoms with Crippen molar-refractivity contribution in [3.05, 3.63) is 64.1 Å². The Morgan fingerprint density at radius 1 is 1.19 bits per heavy atom. The van der Waals surface area contributed by atoms with E-state index < -0.39 is 4.33 Å². The van der Waals surface area contributed by atoms with Crippen LogP contribution in [0.5, 0.6) is 0 Å². The second-order valence-corrected chi connectivity index (χ2v) is 7.53. The maximum absolute atomic E-state index is 12.3. The molecule has 2 aromatic carbocycles. The SMILES string of the molecule is O=C(Nc1ccccc1[C@H]1CC1(Cl)Cl)c1cccc(Br)c1. The van der Waals surface area contributed by atoms with Crippen LogP contribution in [0.2, 0.25) is 0 Å². The third kappa shape index (κ3) is 3.25. The van der Waals surface area contributed by atoms with Crippen LogP contribution < -0.4 is 5.32 Å². The molecule has 0 unspecified atom stereocenters. The van der Waals surface area contributed by atoms with Gasteiger partial charge in [-0.1, -0.05) is 40.2 Å². The van der Waals surface area contributed by atoms with Crippen LogP contribution in [0.3, 0.4) is 0 Å². The number of hydrogen-bond donors (Lipinski definition) is 1. The van der Waals surface area contributed by atoms with Crippen molar-refractivity contribution in [2.45, 2.75) is 16.7 Å². The fraction of sp³-hybridized carbons (Fsp3) is 0.188. The zero-order valence-corrected chi connectivity index (χ0v) is 14.0.